The average Bonchev–Trinajstić information content (AvgIpc) is 3.02. The van der Waals surface area contributed by atoms with Gasteiger partial charge in [-0.25, -0.2) is 0 Å². The summed E-state index contributed by atoms with van der Waals surface area (Å²) in [7, 11) is 0. The third-order valence-electron chi connectivity index (χ3n) is 5.52. The molecule has 1 aromatic rings. The van der Waals surface area contributed by atoms with Gasteiger partial charge in [-0.2, -0.15) is 0 Å². The SMILES string of the molecule is CC(CN1CCOCC1)N(Cc1ccccc1)CC1(C)CCNC1. The number of hydrogen-bond donors (Lipinski definition) is 1. The summed E-state index contributed by atoms with van der Waals surface area (Å²) in [5.74, 6) is 0. The quantitative estimate of drug-likeness (QED) is 0.829. The van der Waals surface area contributed by atoms with Gasteiger partial charge in [-0.15, -0.1) is 0 Å². The second-order valence-electron chi connectivity index (χ2n) is 7.89. The Labute approximate surface area is 147 Å². The molecule has 3 rings (SSSR count). The summed E-state index contributed by atoms with van der Waals surface area (Å²) >= 11 is 0. The minimum atomic E-state index is 0.397. The fraction of sp³-hybridized carbons (Fsp3) is 0.700. The number of nitrogens with zero attached hydrogens (tertiary/aromatic N) is 2. The smallest absolute Gasteiger partial charge is 0.0594 e. The molecule has 0 saturated carbocycles. The van der Waals surface area contributed by atoms with Crippen molar-refractivity contribution < 1.29 is 4.74 Å². The highest BCUT2D eigenvalue weighted by atomic mass is 16.5. The number of rotatable bonds is 7. The zero-order valence-corrected chi connectivity index (χ0v) is 15.3. The second-order valence-corrected chi connectivity index (χ2v) is 7.89. The van der Waals surface area contributed by atoms with Crippen LogP contribution in [0.4, 0.5) is 0 Å². The van der Waals surface area contributed by atoms with Crippen LogP contribution in [-0.4, -0.2) is 68.3 Å². The number of hydrogen-bond acceptors (Lipinski definition) is 4. The molecule has 0 aromatic heterocycles. The first-order valence-electron chi connectivity index (χ1n) is 9.43. The summed E-state index contributed by atoms with van der Waals surface area (Å²) in [6.07, 6.45) is 1.28. The Morgan fingerprint density at radius 3 is 2.67 bits per heavy atom. The van der Waals surface area contributed by atoms with Gasteiger partial charge in [-0.3, -0.25) is 9.80 Å². The van der Waals surface area contributed by atoms with E-state index in [-0.39, 0.29) is 0 Å². The molecule has 2 saturated heterocycles. The molecule has 2 aliphatic rings. The third-order valence-corrected chi connectivity index (χ3v) is 5.52. The molecule has 0 radical (unpaired) electrons. The molecule has 2 aliphatic heterocycles. The lowest BCUT2D eigenvalue weighted by molar-refractivity contribution is 0.0188. The van der Waals surface area contributed by atoms with Crippen LogP contribution >= 0.6 is 0 Å². The van der Waals surface area contributed by atoms with E-state index in [0.29, 0.717) is 11.5 Å². The fourth-order valence-corrected chi connectivity index (χ4v) is 3.95. The van der Waals surface area contributed by atoms with Crippen LogP contribution in [0.5, 0.6) is 0 Å². The van der Waals surface area contributed by atoms with Crippen LogP contribution in [0.15, 0.2) is 30.3 Å². The average molecular weight is 332 g/mol. The fourth-order valence-electron chi connectivity index (χ4n) is 3.95. The Morgan fingerprint density at radius 2 is 2.00 bits per heavy atom. The van der Waals surface area contributed by atoms with Crippen molar-refractivity contribution in [3.05, 3.63) is 35.9 Å². The van der Waals surface area contributed by atoms with Crippen LogP contribution in [-0.2, 0) is 11.3 Å². The standard InChI is InChI=1S/C20H33N3O/c1-18(14-22-10-12-24-13-11-22)23(15-19-6-4-3-5-7-19)17-20(2)8-9-21-16-20/h3-7,18,21H,8-17H2,1-2H3. The molecule has 134 valence electrons. The number of ether oxygens (including phenoxy) is 1. The van der Waals surface area contributed by atoms with E-state index in [2.05, 4.69) is 59.3 Å². The largest absolute Gasteiger partial charge is 0.379 e. The van der Waals surface area contributed by atoms with E-state index in [0.717, 1.165) is 52.5 Å². The minimum Gasteiger partial charge on any atom is -0.379 e. The molecular formula is C20H33N3O. The predicted molar refractivity (Wildman–Crippen MR) is 99.2 cm³/mol. The van der Waals surface area contributed by atoms with Gasteiger partial charge in [-0.05, 0) is 30.9 Å². The van der Waals surface area contributed by atoms with Gasteiger partial charge in [0.15, 0.2) is 0 Å². The van der Waals surface area contributed by atoms with Gasteiger partial charge in [0.05, 0.1) is 13.2 Å². The van der Waals surface area contributed by atoms with Crippen molar-refractivity contribution in [3.63, 3.8) is 0 Å². The summed E-state index contributed by atoms with van der Waals surface area (Å²) < 4.78 is 5.50. The maximum atomic E-state index is 5.50. The van der Waals surface area contributed by atoms with Crippen LogP contribution in [0, 0.1) is 5.41 Å². The Kier molecular flexibility index (Phi) is 6.28. The molecule has 0 bridgehead atoms. The van der Waals surface area contributed by atoms with Gasteiger partial charge in [-0.1, -0.05) is 37.3 Å². The lowest BCUT2D eigenvalue weighted by atomic mass is 9.88. The summed E-state index contributed by atoms with van der Waals surface area (Å²) in [6, 6.07) is 11.5. The van der Waals surface area contributed by atoms with Crippen LogP contribution in [0.2, 0.25) is 0 Å². The first-order valence-corrected chi connectivity index (χ1v) is 9.43. The lowest BCUT2D eigenvalue weighted by Crippen LogP contribution is -2.48. The van der Waals surface area contributed by atoms with Crippen molar-refractivity contribution in [3.8, 4) is 0 Å². The maximum Gasteiger partial charge on any atom is 0.0594 e. The van der Waals surface area contributed by atoms with Crippen LogP contribution in [0.3, 0.4) is 0 Å². The third kappa shape index (κ3) is 5.03. The molecule has 0 aliphatic carbocycles. The van der Waals surface area contributed by atoms with E-state index in [4.69, 9.17) is 4.74 Å². The van der Waals surface area contributed by atoms with Crippen molar-refractivity contribution in [1.29, 1.82) is 0 Å². The summed E-state index contributed by atoms with van der Waals surface area (Å²) in [5.41, 5.74) is 1.81. The highest BCUT2D eigenvalue weighted by Gasteiger charge is 2.32. The molecule has 2 heterocycles. The van der Waals surface area contributed by atoms with Gasteiger partial charge in [0, 0.05) is 45.3 Å². The molecule has 2 unspecified atom stereocenters. The first kappa shape index (κ1) is 17.9. The van der Waals surface area contributed by atoms with E-state index in [1.54, 1.807) is 0 Å². The molecule has 0 amide bonds. The van der Waals surface area contributed by atoms with Gasteiger partial charge in [0.25, 0.3) is 0 Å². The molecule has 1 N–H and O–H groups in total. The Morgan fingerprint density at radius 1 is 1.25 bits per heavy atom. The summed E-state index contributed by atoms with van der Waals surface area (Å²) in [6.45, 7) is 14.4. The van der Waals surface area contributed by atoms with Crippen LogP contribution in [0.25, 0.3) is 0 Å². The van der Waals surface area contributed by atoms with Gasteiger partial charge in [0.2, 0.25) is 0 Å². The first-order chi connectivity index (χ1) is 11.6. The van der Waals surface area contributed by atoms with Crippen molar-refractivity contribution in [1.82, 2.24) is 15.1 Å². The maximum absolute atomic E-state index is 5.50. The van der Waals surface area contributed by atoms with Crippen molar-refractivity contribution in [2.24, 2.45) is 5.41 Å². The minimum absolute atomic E-state index is 0.397. The Balaban J connectivity index is 1.65. The highest BCUT2D eigenvalue weighted by Crippen LogP contribution is 2.27. The Hall–Kier alpha value is -0.940. The van der Waals surface area contributed by atoms with Crippen LogP contribution < -0.4 is 5.32 Å². The predicted octanol–water partition coefficient (Wildman–Crippen LogP) is 2.21. The van der Waals surface area contributed by atoms with Gasteiger partial charge >= 0.3 is 0 Å². The molecule has 4 nitrogen and oxygen atoms in total. The van der Waals surface area contributed by atoms with Crippen molar-refractivity contribution >= 4 is 0 Å². The summed E-state index contributed by atoms with van der Waals surface area (Å²) in [4.78, 5) is 5.25. The number of morpholine rings is 1. The normalized spacial score (nSPS) is 26.8. The Bertz CT molecular complexity index is 481. The number of benzene rings is 1. The molecule has 24 heavy (non-hydrogen) atoms. The highest BCUT2D eigenvalue weighted by molar-refractivity contribution is 5.14. The van der Waals surface area contributed by atoms with Gasteiger partial charge in [0.1, 0.15) is 0 Å². The monoisotopic (exact) mass is 331 g/mol. The summed E-state index contributed by atoms with van der Waals surface area (Å²) in [5, 5.41) is 3.55. The molecular weight excluding hydrogens is 298 g/mol. The van der Waals surface area contributed by atoms with E-state index >= 15 is 0 Å². The molecule has 1 aromatic carbocycles. The topological polar surface area (TPSA) is 27.7 Å². The zero-order chi connectivity index (χ0) is 16.8. The van der Waals surface area contributed by atoms with E-state index in [9.17, 15) is 0 Å². The number of nitrogens with one attached hydrogen (secondary N) is 1. The molecule has 0 spiro atoms. The lowest BCUT2D eigenvalue weighted by Gasteiger charge is -2.39. The van der Waals surface area contributed by atoms with E-state index < -0.39 is 0 Å². The molecule has 4 heteroatoms. The van der Waals surface area contributed by atoms with E-state index in [1.807, 2.05) is 0 Å². The zero-order valence-electron chi connectivity index (χ0n) is 15.3. The van der Waals surface area contributed by atoms with Crippen molar-refractivity contribution in [2.45, 2.75) is 32.9 Å². The van der Waals surface area contributed by atoms with Crippen molar-refractivity contribution in [2.75, 3.05) is 52.5 Å². The molecule has 2 fully saturated rings. The second kappa shape index (κ2) is 8.43. The van der Waals surface area contributed by atoms with E-state index in [1.165, 1.54) is 18.5 Å². The van der Waals surface area contributed by atoms with Gasteiger partial charge < -0.3 is 10.1 Å². The molecule has 2 atom stereocenters. The van der Waals surface area contributed by atoms with Crippen LogP contribution in [0.1, 0.15) is 25.8 Å².